The monoisotopic (exact) mass is 233 g/mol. The fourth-order valence-corrected chi connectivity index (χ4v) is 1.58. The van der Waals surface area contributed by atoms with E-state index in [-0.39, 0.29) is 0 Å². The maximum Gasteiger partial charge on any atom is 0.323 e. The molecule has 17 heavy (non-hydrogen) atoms. The first-order valence-corrected chi connectivity index (χ1v) is 4.71. The number of amides is 1. The molecular formula is C11H8FN3O2. The van der Waals surface area contributed by atoms with E-state index in [0.29, 0.717) is 22.9 Å². The summed E-state index contributed by atoms with van der Waals surface area (Å²) >= 11 is 0. The van der Waals surface area contributed by atoms with Crippen LogP contribution in [0.2, 0.25) is 0 Å². The van der Waals surface area contributed by atoms with Crippen molar-refractivity contribution in [3.63, 3.8) is 0 Å². The summed E-state index contributed by atoms with van der Waals surface area (Å²) in [5.41, 5.74) is 5.92. The third-order valence-electron chi connectivity index (χ3n) is 2.26. The van der Waals surface area contributed by atoms with E-state index in [1.807, 2.05) is 0 Å². The molecule has 0 radical (unpaired) electrons. The van der Waals surface area contributed by atoms with Gasteiger partial charge in [0.25, 0.3) is 0 Å². The van der Waals surface area contributed by atoms with Crippen LogP contribution >= 0.6 is 0 Å². The number of halogens is 1. The zero-order valence-corrected chi connectivity index (χ0v) is 8.63. The third-order valence-corrected chi connectivity index (χ3v) is 2.26. The highest BCUT2D eigenvalue weighted by Crippen LogP contribution is 2.28. The number of primary amides is 1. The molecule has 0 aliphatic carbocycles. The molecule has 6 heteroatoms. The van der Waals surface area contributed by atoms with Crippen LogP contribution < -0.4 is 5.73 Å². The maximum atomic E-state index is 13.1. The van der Waals surface area contributed by atoms with E-state index in [0.717, 1.165) is 10.8 Å². The van der Waals surface area contributed by atoms with E-state index in [9.17, 15) is 14.0 Å². The number of carbonyl (C=O) groups is 2. The van der Waals surface area contributed by atoms with Gasteiger partial charge in [0.2, 0.25) is 0 Å². The quantitative estimate of drug-likeness (QED) is 0.631. The first-order valence-electron chi connectivity index (χ1n) is 4.71. The molecule has 2 N–H and O–H groups in total. The van der Waals surface area contributed by atoms with Gasteiger partial charge < -0.3 is 5.73 Å². The molecule has 0 bridgehead atoms. The highest BCUT2D eigenvalue weighted by molar-refractivity contribution is 6.14. The Bertz CT molecular complexity index is 631. The number of carbonyl (C=O) groups excluding carboxylic acids is 2. The molecule has 86 valence electrons. The van der Waals surface area contributed by atoms with Crippen molar-refractivity contribution in [2.75, 3.05) is 0 Å². The summed E-state index contributed by atoms with van der Waals surface area (Å²) in [5, 5.41) is 0.418. The van der Waals surface area contributed by atoms with Gasteiger partial charge in [-0.05, 0) is 18.2 Å². The van der Waals surface area contributed by atoms with Gasteiger partial charge in [-0.3, -0.25) is 14.4 Å². The van der Waals surface area contributed by atoms with E-state index >= 15 is 0 Å². The van der Waals surface area contributed by atoms with Crippen molar-refractivity contribution < 1.29 is 14.0 Å². The van der Waals surface area contributed by atoms with Gasteiger partial charge in [0.05, 0.1) is 17.4 Å². The molecule has 0 aliphatic heterocycles. The van der Waals surface area contributed by atoms with Crippen LogP contribution in [0.1, 0.15) is 0 Å². The zero-order valence-electron chi connectivity index (χ0n) is 8.63. The van der Waals surface area contributed by atoms with Crippen LogP contribution in [0.25, 0.3) is 10.9 Å². The van der Waals surface area contributed by atoms with Gasteiger partial charge in [-0.2, -0.15) is 0 Å². The summed E-state index contributed by atoms with van der Waals surface area (Å²) in [6.45, 7) is 0. The molecule has 2 aromatic rings. The fraction of sp³-hybridized carbons (Fsp3) is 0. The van der Waals surface area contributed by atoms with E-state index in [1.54, 1.807) is 0 Å². The van der Waals surface area contributed by atoms with Gasteiger partial charge in [-0.25, -0.2) is 9.18 Å². The number of hydrogen-bond donors (Lipinski definition) is 1. The van der Waals surface area contributed by atoms with Crippen molar-refractivity contribution in [2.45, 2.75) is 0 Å². The fourth-order valence-electron chi connectivity index (χ4n) is 1.58. The SMILES string of the molecule is NC(=O)n1cc(N=CC=O)c2cc(F)ccc21. The number of aldehydes is 1. The molecule has 0 spiro atoms. The highest BCUT2D eigenvalue weighted by Gasteiger charge is 2.11. The largest absolute Gasteiger partial charge is 0.351 e. The highest BCUT2D eigenvalue weighted by atomic mass is 19.1. The second kappa shape index (κ2) is 4.17. The van der Waals surface area contributed by atoms with Crippen molar-refractivity contribution in [2.24, 2.45) is 10.7 Å². The van der Waals surface area contributed by atoms with E-state index in [4.69, 9.17) is 5.73 Å². The van der Waals surface area contributed by atoms with Crippen LogP contribution in [-0.4, -0.2) is 23.1 Å². The van der Waals surface area contributed by atoms with Crippen molar-refractivity contribution in [3.8, 4) is 0 Å². The molecule has 2 rings (SSSR count). The lowest BCUT2D eigenvalue weighted by atomic mass is 10.2. The summed E-state index contributed by atoms with van der Waals surface area (Å²) < 4.78 is 14.2. The van der Waals surface area contributed by atoms with Crippen LogP contribution in [0.15, 0.2) is 29.4 Å². The second-order valence-electron chi connectivity index (χ2n) is 3.30. The summed E-state index contributed by atoms with van der Waals surface area (Å²) in [4.78, 5) is 25.2. The smallest absolute Gasteiger partial charge is 0.323 e. The first-order chi connectivity index (χ1) is 8.13. The maximum absolute atomic E-state index is 13.1. The standard InChI is InChI=1S/C11H8FN3O2/c12-7-1-2-10-8(5-7)9(14-3-4-16)6-15(10)11(13)17/h1-6H,(H2,13,17). The zero-order chi connectivity index (χ0) is 12.4. The molecule has 0 fully saturated rings. The van der Waals surface area contributed by atoms with Crippen molar-refractivity contribution in [1.29, 1.82) is 0 Å². The summed E-state index contributed by atoms with van der Waals surface area (Å²) in [6, 6.07) is 3.17. The summed E-state index contributed by atoms with van der Waals surface area (Å²) in [6.07, 6.45) is 2.87. The Labute approximate surface area is 95.4 Å². The molecule has 1 amide bonds. The number of hydrogen-bond acceptors (Lipinski definition) is 3. The van der Waals surface area contributed by atoms with E-state index in [1.165, 1.54) is 24.4 Å². The third kappa shape index (κ3) is 1.92. The summed E-state index contributed by atoms with van der Waals surface area (Å²) in [7, 11) is 0. The van der Waals surface area contributed by atoms with Crippen LogP contribution in [-0.2, 0) is 4.79 Å². The molecule has 0 saturated carbocycles. The number of fused-ring (bicyclic) bond motifs is 1. The molecule has 0 unspecified atom stereocenters. The molecule has 1 aromatic carbocycles. The number of rotatable bonds is 2. The normalized spacial score (nSPS) is 11.1. The minimum absolute atomic E-state index is 0.311. The van der Waals surface area contributed by atoms with Crippen LogP contribution in [0.3, 0.4) is 0 Å². The Morgan fingerprint density at radius 3 is 2.88 bits per heavy atom. The van der Waals surface area contributed by atoms with Gasteiger partial charge in [0.15, 0.2) is 6.29 Å². The minimum atomic E-state index is -0.700. The lowest BCUT2D eigenvalue weighted by Gasteiger charge is -1.97. The Morgan fingerprint density at radius 1 is 1.47 bits per heavy atom. The Balaban J connectivity index is 2.75. The Hall–Kier alpha value is -2.50. The number of nitrogens with two attached hydrogens (primary N) is 1. The van der Waals surface area contributed by atoms with Gasteiger partial charge in [0.1, 0.15) is 5.82 Å². The minimum Gasteiger partial charge on any atom is -0.351 e. The number of aliphatic imine (C=N–C) groups is 1. The number of benzene rings is 1. The average Bonchev–Trinajstić information content (AvgIpc) is 2.64. The average molecular weight is 233 g/mol. The summed E-state index contributed by atoms with van der Waals surface area (Å²) in [5.74, 6) is -0.456. The lowest BCUT2D eigenvalue weighted by Crippen LogP contribution is -2.17. The van der Waals surface area contributed by atoms with Crippen molar-refractivity contribution in [1.82, 2.24) is 4.57 Å². The predicted octanol–water partition coefficient (Wildman–Crippen LogP) is 1.61. The molecule has 5 nitrogen and oxygen atoms in total. The lowest BCUT2D eigenvalue weighted by molar-refractivity contribution is -0.102. The molecule has 1 aromatic heterocycles. The van der Waals surface area contributed by atoms with Crippen molar-refractivity contribution in [3.05, 3.63) is 30.2 Å². The topological polar surface area (TPSA) is 77.5 Å². The van der Waals surface area contributed by atoms with E-state index < -0.39 is 11.8 Å². The van der Waals surface area contributed by atoms with Crippen molar-refractivity contribution >= 4 is 35.1 Å². The Morgan fingerprint density at radius 2 is 2.24 bits per heavy atom. The van der Waals surface area contributed by atoms with Gasteiger partial charge in [0, 0.05) is 11.6 Å². The predicted molar refractivity (Wildman–Crippen MR) is 61.1 cm³/mol. The molecule has 0 atom stereocenters. The molecule has 0 saturated heterocycles. The molecular weight excluding hydrogens is 225 g/mol. The molecule has 1 heterocycles. The van der Waals surface area contributed by atoms with Gasteiger partial charge in [-0.15, -0.1) is 0 Å². The van der Waals surface area contributed by atoms with Crippen LogP contribution in [0.5, 0.6) is 0 Å². The second-order valence-corrected chi connectivity index (χ2v) is 3.30. The Kier molecular flexibility index (Phi) is 2.70. The van der Waals surface area contributed by atoms with Gasteiger partial charge in [-0.1, -0.05) is 0 Å². The number of aromatic nitrogens is 1. The van der Waals surface area contributed by atoms with Gasteiger partial charge >= 0.3 is 6.03 Å². The molecule has 0 aliphatic rings. The number of nitrogens with zero attached hydrogens (tertiary/aromatic N) is 2. The first kappa shape index (κ1) is 11.0. The van der Waals surface area contributed by atoms with Crippen LogP contribution in [0.4, 0.5) is 14.9 Å². The van der Waals surface area contributed by atoms with E-state index in [2.05, 4.69) is 4.99 Å². The van der Waals surface area contributed by atoms with Crippen LogP contribution in [0, 0.1) is 5.82 Å².